The highest BCUT2D eigenvalue weighted by Crippen LogP contribution is 2.27. The number of thiazole rings is 1. The molecule has 0 aliphatic carbocycles. The Morgan fingerprint density at radius 2 is 1.81 bits per heavy atom. The van der Waals surface area contributed by atoms with Crippen molar-refractivity contribution in [1.29, 1.82) is 0 Å². The van der Waals surface area contributed by atoms with Gasteiger partial charge in [0.15, 0.2) is 0 Å². The van der Waals surface area contributed by atoms with Crippen LogP contribution >= 0.6 is 11.3 Å². The van der Waals surface area contributed by atoms with E-state index >= 15 is 0 Å². The lowest BCUT2D eigenvalue weighted by Crippen LogP contribution is -2.26. The van der Waals surface area contributed by atoms with Gasteiger partial charge >= 0.3 is 0 Å². The monoisotopic (exact) mass is 380 g/mol. The van der Waals surface area contributed by atoms with E-state index in [1.54, 1.807) is 17.3 Å². The number of ether oxygens (including phenoxy) is 1. The van der Waals surface area contributed by atoms with Crippen LogP contribution in [0, 0.1) is 0 Å². The highest BCUT2D eigenvalue weighted by molar-refractivity contribution is 7.09. The standard InChI is InChI=1S/C22H24N2O2S/c1-16(2)18-11-7-8-12-20(18)26-14-21-23-19(15-27-21)22(25)24(3)13-17-9-5-4-6-10-17/h4-12,15-16H,13-14H2,1-3H3. The molecule has 0 bridgehead atoms. The highest BCUT2D eigenvalue weighted by Gasteiger charge is 2.16. The number of amides is 1. The van der Waals surface area contributed by atoms with E-state index < -0.39 is 0 Å². The lowest BCUT2D eigenvalue weighted by molar-refractivity contribution is 0.0779. The molecule has 5 heteroatoms. The highest BCUT2D eigenvalue weighted by atomic mass is 32.1. The lowest BCUT2D eigenvalue weighted by atomic mass is 10.0. The minimum Gasteiger partial charge on any atom is -0.486 e. The first-order valence-corrected chi connectivity index (χ1v) is 9.88. The minimum absolute atomic E-state index is 0.0797. The average Bonchev–Trinajstić information content (AvgIpc) is 3.15. The second-order valence-corrected chi connectivity index (χ2v) is 7.70. The van der Waals surface area contributed by atoms with E-state index in [4.69, 9.17) is 4.74 Å². The Morgan fingerprint density at radius 3 is 2.56 bits per heavy atom. The van der Waals surface area contributed by atoms with Gasteiger partial charge in [-0.15, -0.1) is 11.3 Å². The summed E-state index contributed by atoms with van der Waals surface area (Å²) in [6, 6.07) is 18.0. The molecular weight excluding hydrogens is 356 g/mol. The van der Waals surface area contributed by atoms with Crippen molar-refractivity contribution in [2.24, 2.45) is 0 Å². The van der Waals surface area contributed by atoms with Crippen molar-refractivity contribution in [2.75, 3.05) is 7.05 Å². The van der Waals surface area contributed by atoms with Crippen LogP contribution in [-0.2, 0) is 13.2 Å². The molecule has 0 aliphatic heterocycles. The van der Waals surface area contributed by atoms with Gasteiger partial charge < -0.3 is 9.64 Å². The summed E-state index contributed by atoms with van der Waals surface area (Å²) in [6.07, 6.45) is 0. The number of benzene rings is 2. The van der Waals surface area contributed by atoms with Crippen LogP contribution in [0.3, 0.4) is 0 Å². The van der Waals surface area contributed by atoms with Crippen LogP contribution < -0.4 is 4.74 Å². The topological polar surface area (TPSA) is 42.4 Å². The molecule has 1 aromatic heterocycles. The summed E-state index contributed by atoms with van der Waals surface area (Å²) in [6.45, 7) is 5.21. The summed E-state index contributed by atoms with van der Waals surface area (Å²) in [5, 5.41) is 2.60. The molecule has 140 valence electrons. The smallest absolute Gasteiger partial charge is 0.273 e. The van der Waals surface area contributed by atoms with Crippen molar-refractivity contribution in [3.05, 3.63) is 81.8 Å². The van der Waals surface area contributed by atoms with E-state index in [0.717, 1.165) is 16.3 Å². The predicted molar refractivity (Wildman–Crippen MR) is 109 cm³/mol. The summed E-state index contributed by atoms with van der Waals surface area (Å²) in [4.78, 5) is 18.8. The molecule has 27 heavy (non-hydrogen) atoms. The second kappa shape index (κ2) is 8.82. The molecular formula is C22H24N2O2S. The molecule has 1 amide bonds. The molecule has 0 spiro atoms. The van der Waals surface area contributed by atoms with Gasteiger partial charge in [-0.25, -0.2) is 4.98 Å². The minimum atomic E-state index is -0.0797. The Balaban J connectivity index is 1.62. The third-order valence-corrected chi connectivity index (χ3v) is 5.09. The second-order valence-electron chi connectivity index (χ2n) is 6.75. The lowest BCUT2D eigenvalue weighted by Gasteiger charge is -2.15. The van der Waals surface area contributed by atoms with Gasteiger partial charge in [0.1, 0.15) is 23.1 Å². The van der Waals surface area contributed by atoms with Gasteiger partial charge in [-0.1, -0.05) is 62.4 Å². The Bertz CT molecular complexity index is 890. The summed E-state index contributed by atoms with van der Waals surface area (Å²) < 4.78 is 5.96. The van der Waals surface area contributed by atoms with Crippen molar-refractivity contribution in [1.82, 2.24) is 9.88 Å². The molecule has 0 atom stereocenters. The molecule has 0 fully saturated rings. The van der Waals surface area contributed by atoms with Crippen LogP contribution in [0.1, 0.15) is 46.4 Å². The van der Waals surface area contributed by atoms with Crippen molar-refractivity contribution in [3.63, 3.8) is 0 Å². The van der Waals surface area contributed by atoms with Crippen LogP contribution in [0.2, 0.25) is 0 Å². The van der Waals surface area contributed by atoms with Crippen LogP contribution in [0.4, 0.5) is 0 Å². The summed E-state index contributed by atoms with van der Waals surface area (Å²) in [5.74, 6) is 1.18. The first kappa shape index (κ1) is 19.1. The molecule has 4 nitrogen and oxygen atoms in total. The fourth-order valence-electron chi connectivity index (χ4n) is 2.83. The van der Waals surface area contributed by atoms with E-state index in [1.165, 1.54) is 16.9 Å². The predicted octanol–water partition coefficient (Wildman–Crippen LogP) is 5.12. The number of carbonyl (C=O) groups is 1. The van der Waals surface area contributed by atoms with E-state index in [1.807, 2.05) is 48.5 Å². The molecule has 2 aromatic carbocycles. The number of hydrogen-bond donors (Lipinski definition) is 0. The normalized spacial score (nSPS) is 10.8. The molecule has 3 rings (SSSR count). The zero-order chi connectivity index (χ0) is 19.2. The summed E-state index contributed by atoms with van der Waals surface area (Å²) in [5.41, 5.74) is 2.74. The Labute approximate surface area is 164 Å². The van der Waals surface area contributed by atoms with Crippen molar-refractivity contribution in [3.8, 4) is 5.75 Å². The average molecular weight is 381 g/mol. The van der Waals surface area contributed by atoms with E-state index in [0.29, 0.717) is 24.8 Å². The van der Waals surface area contributed by atoms with Gasteiger partial charge in [0, 0.05) is 19.0 Å². The molecule has 0 aliphatic rings. The van der Waals surface area contributed by atoms with Crippen molar-refractivity contribution in [2.45, 2.75) is 32.9 Å². The molecule has 0 unspecified atom stereocenters. The number of aromatic nitrogens is 1. The number of hydrogen-bond acceptors (Lipinski definition) is 4. The Kier molecular flexibility index (Phi) is 6.24. The van der Waals surface area contributed by atoms with E-state index in [2.05, 4.69) is 24.9 Å². The summed E-state index contributed by atoms with van der Waals surface area (Å²) >= 11 is 1.45. The number of nitrogens with zero attached hydrogens (tertiary/aromatic N) is 2. The Hall–Kier alpha value is -2.66. The molecule has 3 aromatic rings. The van der Waals surface area contributed by atoms with Crippen LogP contribution in [0.15, 0.2) is 60.0 Å². The third-order valence-electron chi connectivity index (χ3n) is 4.27. The van der Waals surface area contributed by atoms with E-state index in [-0.39, 0.29) is 5.91 Å². The SMILES string of the molecule is CC(C)c1ccccc1OCc1nc(C(=O)N(C)Cc2ccccc2)cs1. The van der Waals surface area contributed by atoms with Crippen LogP contribution in [0.5, 0.6) is 5.75 Å². The van der Waals surface area contributed by atoms with Gasteiger partial charge in [0.25, 0.3) is 5.91 Å². The van der Waals surface area contributed by atoms with Crippen LogP contribution in [-0.4, -0.2) is 22.8 Å². The third kappa shape index (κ3) is 4.95. The zero-order valence-electron chi connectivity index (χ0n) is 15.9. The largest absolute Gasteiger partial charge is 0.486 e. The Morgan fingerprint density at radius 1 is 1.11 bits per heavy atom. The van der Waals surface area contributed by atoms with E-state index in [9.17, 15) is 4.79 Å². The van der Waals surface area contributed by atoms with Crippen molar-refractivity contribution < 1.29 is 9.53 Å². The number of para-hydroxylation sites is 1. The fourth-order valence-corrected chi connectivity index (χ4v) is 3.51. The first-order valence-electron chi connectivity index (χ1n) is 9.00. The first-order chi connectivity index (χ1) is 13.0. The number of rotatable bonds is 7. The van der Waals surface area contributed by atoms with Gasteiger partial charge in [0.05, 0.1) is 0 Å². The van der Waals surface area contributed by atoms with Crippen LogP contribution in [0.25, 0.3) is 0 Å². The maximum Gasteiger partial charge on any atom is 0.273 e. The number of carbonyl (C=O) groups excluding carboxylic acids is 1. The van der Waals surface area contributed by atoms with Gasteiger partial charge in [0.2, 0.25) is 0 Å². The molecule has 0 N–H and O–H groups in total. The zero-order valence-corrected chi connectivity index (χ0v) is 16.7. The molecule has 0 saturated heterocycles. The quantitative estimate of drug-likeness (QED) is 0.571. The van der Waals surface area contributed by atoms with Gasteiger partial charge in [-0.2, -0.15) is 0 Å². The summed E-state index contributed by atoms with van der Waals surface area (Å²) in [7, 11) is 1.80. The van der Waals surface area contributed by atoms with Gasteiger partial charge in [-0.05, 0) is 23.1 Å². The maximum atomic E-state index is 12.6. The maximum absolute atomic E-state index is 12.6. The molecule has 0 saturated carbocycles. The molecule has 1 heterocycles. The van der Waals surface area contributed by atoms with Gasteiger partial charge in [-0.3, -0.25) is 4.79 Å². The molecule has 0 radical (unpaired) electrons. The van der Waals surface area contributed by atoms with Crippen molar-refractivity contribution >= 4 is 17.2 Å². The fraction of sp³-hybridized carbons (Fsp3) is 0.273.